The van der Waals surface area contributed by atoms with Crippen molar-refractivity contribution in [2.75, 3.05) is 20.6 Å². The molecule has 1 amide bonds. The Morgan fingerprint density at radius 2 is 1.45 bits per heavy atom. The normalized spacial score (nSPS) is 11.5. The summed E-state index contributed by atoms with van der Waals surface area (Å²) in [5.41, 5.74) is 2.33. The van der Waals surface area contributed by atoms with Crippen molar-refractivity contribution in [3.8, 4) is 0 Å². The third-order valence-electron chi connectivity index (χ3n) is 5.49. The van der Waals surface area contributed by atoms with Crippen LogP contribution in [0, 0.1) is 0 Å². The van der Waals surface area contributed by atoms with Gasteiger partial charge < -0.3 is 5.32 Å². The van der Waals surface area contributed by atoms with Crippen molar-refractivity contribution in [2.24, 2.45) is 0 Å². The first-order valence-electron chi connectivity index (χ1n) is 11.3. The Morgan fingerprint density at radius 3 is 2.05 bits per heavy atom. The molecular weight excluding hydrogens is 546 g/mol. The quantitative estimate of drug-likeness (QED) is 0.282. The van der Waals surface area contributed by atoms with Crippen LogP contribution in [-0.2, 0) is 26.6 Å². The Labute approximate surface area is 227 Å². The number of benzene rings is 4. The molecule has 11 heteroatoms. The van der Waals surface area contributed by atoms with Crippen molar-refractivity contribution >= 4 is 54.6 Å². The lowest BCUT2D eigenvalue weighted by molar-refractivity contribution is 0.102. The van der Waals surface area contributed by atoms with Crippen molar-refractivity contribution in [1.82, 2.24) is 0 Å². The molecule has 0 saturated carbocycles. The first-order valence-corrected chi connectivity index (χ1v) is 15.0. The Hall–Kier alpha value is -3.86. The molecule has 4 rings (SSSR count). The number of rotatable bonds is 9. The van der Waals surface area contributed by atoms with Crippen LogP contribution in [0.4, 0.5) is 17.1 Å². The zero-order valence-electron chi connectivity index (χ0n) is 20.2. The zero-order valence-corrected chi connectivity index (χ0v) is 22.6. The average Bonchev–Trinajstić information content (AvgIpc) is 2.87. The van der Waals surface area contributed by atoms with Crippen LogP contribution in [0.15, 0.2) is 108 Å². The van der Waals surface area contributed by atoms with Crippen LogP contribution in [0.25, 0.3) is 0 Å². The fourth-order valence-corrected chi connectivity index (χ4v) is 5.72. The van der Waals surface area contributed by atoms with Crippen LogP contribution < -0.4 is 14.3 Å². The second-order valence-electron chi connectivity index (χ2n) is 8.40. The Bertz CT molecular complexity index is 1640. The number of halogens is 1. The number of carbonyl (C=O) groups excluding carboxylic acids is 1. The molecule has 0 aliphatic carbocycles. The highest BCUT2D eigenvalue weighted by molar-refractivity contribution is 7.92. The third kappa shape index (κ3) is 6.91. The van der Waals surface area contributed by atoms with Gasteiger partial charge in [0.25, 0.3) is 15.9 Å². The van der Waals surface area contributed by atoms with Crippen molar-refractivity contribution in [3.63, 3.8) is 0 Å². The van der Waals surface area contributed by atoms with Gasteiger partial charge >= 0.3 is 0 Å². The lowest BCUT2D eigenvalue weighted by Crippen LogP contribution is -2.29. The summed E-state index contributed by atoms with van der Waals surface area (Å²) in [7, 11) is -7.36. The number of hydrogen-bond acceptors (Lipinski definition) is 5. The maximum absolute atomic E-state index is 12.7. The van der Waals surface area contributed by atoms with Crippen molar-refractivity contribution in [1.29, 1.82) is 0 Å². The highest BCUT2D eigenvalue weighted by Gasteiger charge is 2.19. The first kappa shape index (κ1) is 27.2. The molecule has 0 aliphatic heterocycles. The number of anilines is 3. The molecule has 0 aromatic heterocycles. The second kappa shape index (κ2) is 11.3. The maximum atomic E-state index is 12.7. The molecule has 196 valence electrons. The monoisotopic (exact) mass is 569 g/mol. The van der Waals surface area contributed by atoms with Gasteiger partial charge in [0.2, 0.25) is 10.0 Å². The third-order valence-corrected chi connectivity index (χ3v) is 8.26. The van der Waals surface area contributed by atoms with E-state index in [9.17, 15) is 21.6 Å². The van der Waals surface area contributed by atoms with E-state index in [1.165, 1.54) is 28.6 Å². The largest absolute Gasteiger partial charge is 0.322 e. The number of nitrogens with one attached hydrogen (secondary N) is 2. The first-order chi connectivity index (χ1) is 18.0. The summed E-state index contributed by atoms with van der Waals surface area (Å²) in [6.45, 7) is 0.0635. The fraction of sp³-hybridized carbons (Fsp3) is 0.0741. The average molecular weight is 570 g/mol. The van der Waals surface area contributed by atoms with Crippen LogP contribution in [0.1, 0.15) is 15.9 Å². The molecule has 4 aromatic rings. The molecular formula is C27H24ClN3O5S2. The van der Waals surface area contributed by atoms with Gasteiger partial charge in [-0.05, 0) is 72.3 Å². The molecule has 0 aliphatic rings. The maximum Gasteiger partial charge on any atom is 0.261 e. The van der Waals surface area contributed by atoms with E-state index in [-0.39, 0.29) is 11.4 Å². The standard InChI is InChI=1S/C27H24ClN3O5S2/c1-37(33,34)31(25-9-5-6-22(28)18-25)19-20-10-12-21(13-11-20)27(32)29-23-14-16-26(17-15-23)38(35,36)30-24-7-3-2-4-8-24/h2-18,30H,19H2,1H3,(H,29,32). The highest BCUT2D eigenvalue weighted by atomic mass is 35.5. The second-order valence-corrected chi connectivity index (χ2v) is 12.4. The van der Waals surface area contributed by atoms with Gasteiger partial charge in [0.15, 0.2) is 0 Å². The molecule has 0 bridgehead atoms. The van der Waals surface area contributed by atoms with E-state index in [2.05, 4.69) is 10.0 Å². The fourth-order valence-electron chi connectivity index (χ4n) is 3.60. The van der Waals surface area contributed by atoms with Gasteiger partial charge in [-0.1, -0.05) is 48.0 Å². The van der Waals surface area contributed by atoms with E-state index in [0.717, 1.165) is 6.26 Å². The molecule has 0 heterocycles. The number of amides is 1. The SMILES string of the molecule is CS(=O)(=O)N(Cc1ccc(C(=O)Nc2ccc(S(=O)(=O)Nc3ccccc3)cc2)cc1)c1cccc(Cl)c1. The number of sulfonamides is 2. The summed E-state index contributed by atoms with van der Waals surface area (Å²) >= 11 is 6.03. The van der Waals surface area contributed by atoms with Gasteiger partial charge in [0.1, 0.15) is 0 Å². The molecule has 0 fully saturated rings. The minimum Gasteiger partial charge on any atom is -0.322 e. The summed E-state index contributed by atoms with van der Waals surface area (Å²) in [5.74, 6) is -0.399. The van der Waals surface area contributed by atoms with E-state index in [1.54, 1.807) is 78.9 Å². The summed E-state index contributed by atoms with van der Waals surface area (Å²) in [4.78, 5) is 12.8. The molecule has 0 atom stereocenters. The minimum atomic E-state index is -3.78. The van der Waals surface area contributed by atoms with Gasteiger partial charge in [0, 0.05) is 22.0 Å². The van der Waals surface area contributed by atoms with Gasteiger partial charge in [-0.2, -0.15) is 0 Å². The van der Waals surface area contributed by atoms with Crippen LogP contribution in [0.5, 0.6) is 0 Å². The molecule has 2 N–H and O–H groups in total. The summed E-state index contributed by atoms with van der Waals surface area (Å²) in [5, 5.41) is 3.15. The predicted molar refractivity (Wildman–Crippen MR) is 151 cm³/mol. The Balaban J connectivity index is 1.42. The van der Waals surface area contributed by atoms with Crippen molar-refractivity contribution < 1.29 is 21.6 Å². The molecule has 4 aromatic carbocycles. The predicted octanol–water partition coefficient (Wildman–Crippen LogP) is 5.36. The molecule has 0 unspecified atom stereocenters. The van der Waals surface area contributed by atoms with Crippen molar-refractivity contribution in [3.05, 3.63) is 119 Å². The summed E-state index contributed by atoms with van der Waals surface area (Å²) in [6.07, 6.45) is 1.12. The van der Waals surface area contributed by atoms with E-state index in [0.29, 0.717) is 33.2 Å². The number of nitrogens with zero attached hydrogens (tertiary/aromatic N) is 1. The van der Waals surface area contributed by atoms with Gasteiger partial charge in [0.05, 0.1) is 23.4 Å². The van der Waals surface area contributed by atoms with Crippen LogP contribution in [0.2, 0.25) is 5.02 Å². The smallest absolute Gasteiger partial charge is 0.261 e. The molecule has 8 nitrogen and oxygen atoms in total. The van der Waals surface area contributed by atoms with E-state index in [4.69, 9.17) is 11.6 Å². The van der Waals surface area contributed by atoms with Gasteiger partial charge in [-0.25, -0.2) is 16.8 Å². The van der Waals surface area contributed by atoms with Crippen LogP contribution in [0.3, 0.4) is 0 Å². The Kier molecular flexibility index (Phi) is 8.05. The Morgan fingerprint density at radius 1 is 0.789 bits per heavy atom. The zero-order chi connectivity index (χ0) is 27.3. The van der Waals surface area contributed by atoms with E-state index >= 15 is 0 Å². The topological polar surface area (TPSA) is 113 Å². The van der Waals surface area contributed by atoms with E-state index < -0.39 is 26.0 Å². The number of carbonyl (C=O) groups is 1. The number of hydrogen-bond donors (Lipinski definition) is 2. The molecule has 0 radical (unpaired) electrons. The highest BCUT2D eigenvalue weighted by Crippen LogP contribution is 2.24. The lowest BCUT2D eigenvalue weighted by Gasteiger charge is -2.22. The van der Waals surface area contributed by atoms with Gasteiger partial charge in [-0.15, -0.1) is 0 Å². The lowest BCUT2D eigenvalue weighted by atomic mass is 10.1. The molecule has 0 saturated heterocycles. The molecule has 0 spiro atoms. The summed E-state index contributed by atoms with van der Waals surface area (Å²) in [6, 6.07) is 27.4. The van der Waals surface area contributed by atoms with Crippen molar-refractivity contribution in [2.45, 2.75) is 11.4 Å². The molecule has 38 heavy (non-hydrogen) atoms. The summed E-state index contributed by atoms with van der Waals surface area (Å²) < 4.78 is 53.7. The van der Waals surface area contributed by atoms with Gasteiger partial charge in [-0.3, -0.25) is 13.8 Å². The van der Waals surface area contributed by atoms with Crippen LogP contribution in [-0.4, -0.2) is 29.0 Å². The van der Waals surface area contributed by atoms with Crippen LogP contribution >= 0.6 is 11.6 Å². The minimum absolute atomic E-state index is 0.0545. The van der Waals surface area contributed by atoms with E-state index in [1.807, 2.05) is 0 Å². The number of para-hydroxylation sites is 1.